The van der Waals surface area contributed by atoms with E-state index in [-0.39, 0.29) is 0 Å². The topological polar surface area (TPSA) is 44.8 Å². The highest BCUT2D eigenvalue weighted by Gasteiger charge is 2.16. The molecule has 0 spiro atoms. The predicted octanol–water partition coefficient (Wildman–Crippen LogP) is 2.81. The number of rotatable bonds is 3. The van der Waals surface area contributed by atoms with Crippen molar-refractivity contribution >= 4 is 5.97 Å². The summed E-state index contributed by atoms with van der Waals surface area (Å²) in [6.45, 7) is 7.18. The molecule has 0 aliphatic rings. The average molecular weight is 224 g/mol. The third-order valence-electron chi connectivity index (χ3n) is 1.76. The van der Waals surface area contributed by atoms with Gasteiger partial charge in [-0.3, -0.25) is 4.89 Å². The molecule has 0 saturated heterocycles. The van der Waals surface area contributed by atoms with Gasteiger partial charge in [-0.15, -0.1) is 0 Å². The molecule has 1 aromatic rings. The van der Waals surface area contributed by atoms with Crippen molar-refractivity contribution in [3.8, 4) is 0 Å². The molecule has 1 aromatic carbocycles. The number of hydrogen-bond acceptors (Lipinski definition) is 4. The van der Waals surface area contributed by atoms with Crippen LogP contribution in [0, 0.1) is 6.92 Å². The minimum Gasteiger partial charge on any atom is -0.263 e. The number of hydrogen-bond donors (Lipinski definition) is 0. The summed E-state index contributed by atoms with van der Waals surface area (Å²) in [5, 5.41) is 4.42. The largest absolute Gasteiger partial charge is 0.376 e. The van der Waals surface area contributed by atoms with E-state index in [9.17, 15) is 4.79 Å². The van der Waals surface area contributed by atoms with Crippen LogP contribution in [0.15, 0.2) is 24.3 Å². The van der Waals surface area contributed by atoms with Crippen LogP contribution >= 0.6 is 0 Å². The third-order valence-corrected chi connectivity index (χ3v) is 1.76. The van der Waals surface area contributed by atoms with Crippen molar-refractivity contribution in [3.05, 3.63) is 35.4 Å². The molecule has 0 atom stereocenters. The van der Waals surface area contributed by atoms with E-state index in [4.69, 9.17) is 4.89 Å². The predicted molar refractivity (Wildman–Crippen MR) is 58.5 cm³/mol. The Balaban J connectivity index is 2.51. The molecule has 0 aromatic heterocycles. The van der Waals surface area contributed by atoms with Gasteiger partial charge in [0.2, 0.25) is 0 Å². The maximum atomic E-state index is 11.5. The first-order chi connectivity index (χ1) is 7.40. The normalized spacial score (nSPS) is 11.2. The SMILES string of the molecule is Cc1ccccc1C(=O)OOOC(C)(C)C. The van der Waals surface area contributed by atoms with Crippen LogP contribution in [-0.2, 0) is 14.8 Å². The standard InChI is InChI=1S/C12H16O4/c1-9-7-5-6-8-10(9)11(13)14-16-15-12(2,3)4/h5-8H,1-4H3. The Morgan fingerprint density at radius 1 is 1.19 bits per heavy atom. The van der Waals surface area contributed by atoms with E-state index in [0.717, 1.165) is 5.56 Å². The summed E-state index contributed by atoms with van der Waals surface area (Å²) < 4.78 is 0. The van der Waals surface area contributed by atoms with Gasteiger partial charge < -0.3 is 0 Å². The van der Waals surface area contributed by atoms with Gasteiger partial charge in [0.1, 0.15) is 0 Å². The van der Waals surface area contributed by atoms with Crippen molar-refractivity contribution < 1.29 is 19.6 Å². The van der Waals surface area contributed by atoms with Crippen LogP contribution in [0.2, 0.25) is 0 Å². The molecule has 0 bridgehead atoms. The van der Waals surface area contributed by atoms with E-state index in [1.165, 1.54) is 0 Å². The van der Waals surface area contributed by atoms with Crippen LogP contribution in [0.3, 0.4) is 0 Å². The monoisotopic (exact) mass is 224 g/mol. The van der Waals surface area contributed by atoms with Gasteiger partial charge in [0.05, 0.1) is 11.2 Å². The molecule has 1 rings (SSSR count). The highest BCUT2D eigenvalue weighted by Crippen LogP contribution is 2.11. The van der Waals surface area contributed by atoms with E-state index in [2.05, 4.69) is 9.93 Å². The van der Waals surface area contributed by atoms with Crippen LogP contribution in [0.25, 0.3) is 0 Å². The van der Waals surface area contributed by atoms with Gasteiger partial charge in [-0.2, -0.15) is 4.89 Å². The van der Waals surface area contributed by atoms with Crippen molar-refractivity contribution in [2.75, 3.05) is 0 Å². The lowest BCUT2D eigenvalue weighted by Gasteiger charge is -2.15. The molecule has 88 valence electrons. The minimum atomic E-state index is -0.567. The highest BCUT2D eigenvalue weighted by atomic mass is 17.5. The zero-order valence-corrected chi connectivity index (χ0v) is 9.94. The Kier molecular flexibility index (Phi) is 4.04. The molecule has 0 aliphatic carbocycles. The lowest BCUT2D eigenvalue weighted by atomic mass is 10.1. The summed E-state index contributed by atoms with van der Waals surface area (Å²) >= 11 is 0. The summed E-state index contributed by atoms with van der Waals surface area (Å²) in [4.78, 5) is 20.9. The Morgan fingerprint density at radius 2 is 1.81 bits per heavy atom. The van der Waals surface area contributed by atoms with E-state index in [1.54, 1.807) is 32.9 Å². The molecule has 0 amide bonds. The lowest BCUT2D eigenvalue weighted by molar-refractivity contribution is -0.510. The smallest absolute Gasteiger partial charge is 0.263 e. The first-order valence-corrected chi connectivity index (χ1v) is 5.02. The molecular weight excluding hydrogens is 208 g/mol. The Hall–Kier alpha value is -1.39. The Morgan fingerprint density at radius 3 is 2.38 bits per heavy atom. The highest BCUT2D eigenvalue weighted by molar-refractivity contribution is 5.90. The van der Waals surface area contributed by atoms with Gasteiger partial charge in [0, 0.05) is 0 Å². The number of carbonyl (C=O) groups is 1. The number of aryl methyl sites for hydroxylation is 1. The van der Waals surface area contributed by atoms with Crippen molar-refractivity contribution in [2.24, 2.45) is 0 Å². The molecule has 0 fully saturated rings. The fourth-order valence-corrected chi connectivity index (χ4v) is 0.997. The second kappa shape index (κ2) is 5.09. The fourth-order valence-electron chi connectivity index (χ4n) is 0.997. The maximum Gasteiger partial charge on any atom is 0.376 e. The fraction of sp³-hybridized carbons (Fsp3) is 0.417. The molecule has 4 heteroatoms. The van der Waals surface area contributed by atoms with Crippen molar-refractivity contribution in [2.45, 2.75) is 33.3 Å². The second-order valence-electron chi connectivity index (χ2n) is 4.45. The van der Waals surface area contributed by atoms with Crippen molar-refractivity contribution in [1.29, 1.82) is 0 Å². The molecule has 0 saturated carbocycles. The molecule has 0 heterocycles. The van der Waals surface area contributed by atoms with E-state index < -0.39 is 11.6 Å². The molecular formula is C12H16O4. The Bertz CT molecular complexity index is 366. The Labute approximate surface area is 95.0 Å². The molecule has 0 unspecified atom stereocenters. The van der Waals surface area contributed by atoms with Crippen LogP contribution in [0.1, 0.15) is 36.7 Å². The van der Waals surface area contributed by atoms with Gasteiger partial charge in [-0.25, -0.2) is 4.79 Å². The second-order valence-corrected chi connectivity index (χ2v) is 4.45. The summed E-state index contributed by atoms with van der Waals surface area (Å²) in [6.07, 6.45) is 0. The molecule has 4 nitrogen and oxygen atoms in total. The first-order valence-electron chi connectivity index (χ1n) is 5.02. The van der Waals surface area contributed by atoms with Gasteiger partial charge in [-0.1, -0.05) is 18.2 Å². The third kappa shape index (κ3) is 4.00. The first kappa shape index (κ1) is 12.7. The van der Waals surface area contributed by atoms with E-state index in [1.807, 2.05) is 19.1 Å². The minimum absolute atomic E-state index is 0.458. The zero-order valence-electron chi connectivity index (χ0n) is 9.94. The zero-order chi connectivity index (χ0) is 12.2. The molecule has 0 N–H and O–H groups in total. The van der Waals surface area contributed by atoms with Gasteiger partial charge in [0.15, 0.2) is 0 Å². The van der Waals surface area contributed by atoms with Crippen LogP contribution in [0.4, 0.5) is 0 Å². The van der Waals surface area contributed by atoms with Gasteiger partial charge in [-0.05, 0) is 44.4 Å². The van der Waals surface area contributed by atoms with Crippen LogP contribution in [0.5, 0.6) is 0 Å². The van der Waals surface area contributed by atoms with Crippen LogP contribution in [-0.4, -0.2) is 11.6 Å². The van der Waals surface area contributed by atoms with E-state index in [0.29, 0.717) is 5.56 Å². The van der Waals surface area contributed by atoms with Crippen LogP contribution < -0.4 is 0 Å². The average Bonchev–Trinajstić information content (AvgIpc) is 2.16. The van der Waals surface area contributed by atoms with Crippen molar-refractivity contribution in [1.82, 2.24) is 0 Å². The summed E-state index contributed by atoms with van der Waals surface area (Å²) in [5.74, 6) is -0.567. The quantitative estimate of drug-likeness (QED) is 0.585. The molecule has 0 aliphatic heterocycles. The van der Waals surface area contributed by atoms with Gasteiger partial charge in [0.25, 0.3) is 0 Å². The number of benzene rings is 1. The summed E-state index contributed by atoms with van der Waals surface area (Å²) in [7, 11) is 0. The maximum absolute atomic E-state index is 11.5. The molecule has 16 heavy (non-hydrogen) atoms. The van der Waals surface area contributed by atoms with Crippen molar-refractivity contribution in [3.63, 3.8) is 0 Å². The number of carbonyl (C=O) groups excluding carboxylic acids is 1. The summed E-state index contributed by atoms with van der Waals surface area (Å²) in [5.41, 5.74) is 0.762. The summed E-state index contributed by atoms with van der Waals surface area (Å²) in [6, 6.07) is 7.09. The molecule has 0 radical (unpaired) electrons. The lowest BCUT2D eigenvalue weighted by Crippen LogP contribution is -2.21. The van der Waals surface area contributed by atoms with Gasteiger partial charge >= 0.3 is 5.97 Å². The van der Waals surface area contributed by atoms with E-state index >= 15 is 0 Å².